The lowest BCUT2D eigenvalue weighted by Gasteiger charge is -2.20. The molecule has 0 unspecified atom stereocenters. The zero-order valence-corrected chi connectivity index (χ0v) is 12.1. The first-order valence-electron chi connectivity index (χ1n) is 6.04. The smallest absolute Gasteiger partial charge is 0.162 e. The molecule has 2 heterocycles. The molecule has 1 aliphatic rings. The van der Waals surface area contributed by atoms with E-state index in [-0.39, 0.29) is 0 Å². The highest BCUT2D eigenvalue weighted by atomic mass is 79.9. The number of imidazole rings is 1. The van der Waals surface area contributed by atoms with E-state index in [0.717, 1.165) is 38.7 Å². The number of benzene rings is 1. The number of hydrogen-bond donors (Lipinski definition) is 2. The Morgan fingerprint density at radius 2 is 2.00 bits per heavy atom. The van der Waals surface area contributed by atoms with Crippen LogP contribution in [0.25, 0.3) is 11.3 Å². The number of aromatic amines is 1. The zero-order chi connectivity index (χ0) is 13.4. The first-order chi connectivity index (χ1) is 9.19. The molecule has 0 radical (unpaired) electrons. The molecule has 1 aliphatic heterocycles. The van der Waals surface area contributed by atoms with Gasteiger partial charge in [-0.1, -0.05) is 0 Å². The maximum atomic E-state index is 5.61. The standard InChI is InChI=1S/C13H14BrN3O2/c1-7-4-9-10(19-3-2-18-9)5-8(7)12-13(14)17-11(6-15)16-12/h4-5H,2-3,6,15H2,1H3,(H,16,17). The van der Waals surface area contributed by atoms with Crippen molar-refractivity contribution in [2.24, 2.45) is 5.73 Å². The summed E-state index contributed by atoms with van der Waals surface area (Å²) in [4.78, 5) is 7.59. The molecule has 1 aromatic heterocycles. The van der Waals surface area contributed by atoms with Crippen LogP contribution in [0, 0.1) is 6.92 Å². The Morgan fingerprint density at radius 3 is 2.63 bits per heavy atom. The van der Waals surface area contributed by atoms with Gasteiger partial charge in [0.25, 0.3) is 0 Å². The molecule has 100 valence electrons. The SMILES string of the molecule is Cc1cc2c(cc1-c1nc(CN)[nH]c1Br)OCCO2. The van der Waals surface area contributed by atoms with Crippen LogP contribution >= 0.6 is 15.9 Å². The van der Waals surface area contributed by atoms with Crippen LogP contribution in [-0.4, -0.2) is 23.2 Å². The van der Waals surface area contributed by atoms with Crippen molar-refractivity contribution in [1.82, 2.24) is 9.97 Å². The molecular weight excluding hydrogens is 310 g/mol. The lowest BCUT2D eigenvalue weighted by Crippen LogP contribution is -2.15. The van der Waals surface area contributed by atoms with Gasteiger partial charge in [-0.15, -0.1) is 0 Å². The van der Waals surface area contributed by atoms with Crippen LogP contribution in [0.15, 0.2) is 16.7 Å². The van der Waals surface area contributed by atoms with Crippen LogP contribution in [0.1, 0.15) is 11.4 Å². The number of rotatable bonds is 2. The van der Waals surface area contributed by atoms with Gasteiger partial charge in [-0.3, -0.25) is 0 Å². The number of halogens is 1. The fourth-order valence-electron chi connectivity index (χ4n) is 2.12. The lowest BCUT2D eigenvalue weighted by molar-refractivity contribution is 0.171. The molecule has 0 fully saturated rings. The average molecular weight is 324 g/mol. The van der Waals surface area contributed by atoms with Crippen LogP contribution in [0.3, 0.4) is 0 Å². The number of nitrogens with one attached hydrogen (secondary N) is 1. The van der Waals surface area contributed by atoms with Gasteiger partial charge in [0, 0.05) is 5.56 Å². The molecule has 6 heteroatoms. The molecule has 0 spiro atoms. The average Bonchev–Trinajstić information content (AvgIpc) is 2.79. The van der Waals surface area contributed by atoms with Crippen molar-refractivity contribution in [2.75, 3.05) is 13.2 Å². The summed E-state index contributed by atoms with van der Waals surface area (Å²) in [7, 11) is 0. The number of H-pyrrole nitrogens is 1. The molecular formula is C13H14BrN3O2. The van der Waals surface area contributed by atoms with E-state index in [4.69, 9.17) is 15.2 Å². The van der Waals surface area contributed by atoms with E-state index in [0.29, 0.717) is 19.8 Å². The Balaban J connectivity index is 2.11. The van der Waals surface area contributed by atoms with E-state index in [9.17, 15) is 0 Å². The largest absolute Gasteiger partial charge is 0.486 e. The van der Waals surface area contributed by atoms with E-state index in [1.807, 2.05) is 19.1 Å². The Bertz CT molecular complexity index is 625. The van der Waals surface area contributed by atoms with Gasteiger partial charge in [-0.05, 0) is 40.5 Å². The van der Waals surface area contributed by atoms with E-state index in [1.165, 1.54) is 0 Å². The summed E-state index contributed by atoms with van der Waals surface area (Å²) in [5.41, 5.74) is 8.53. The highest BCUT2D eigenvalue weighted by Crippen LogP contribution is 2.38. The summed E-state index contributed by atoms with van der Waals surface area (Å²) in [6.07, 6.45) is 0. The van der Waals surface area contributed by atoms with E-state index >= 15 is 0 Å². The lowest BCUT2D eigenvalue weighted by atomic mass is 10.0. The Morgan fingerprint density at radius 1 is 1.32 bits per heavy atom. The van der Waals surface area contributed by atoms with Crippen molar-refractivity contribution in [1.29, 1.82) is 0 Å². The molecule has 0 atom stereocenters. The van der Waals surface area contributed by atoms with Crippen LogP contribution in [-0.2, 0) is 6.54 Å². The number of nitrogens with two attached hydrogens (primary N) is 1. The van der Waals surface area contributed by atoms with E-state index in [2.05, 4.69) is 25.9 Å². The van der Waals surface area contributed by atoms with Crippen molar-refractivity contribution in [3.63, 3.8) is 0 Å². The number of nitrogens with zero attached hydrogens (tertiary/aromatic N) is 1. The third-order valence-corrected chi connectivity index (χ3v) is 3.62. The zero-order valence-electron chi connectivity index (χ0n) is 10.5. The highest BCUT2D eigenvalue weighted by molar-refractivity contribution is 9.10. The number of fused-ring (bicyclic) bond motifs is 1. The predicted octanol–water partition coefficient (Wildman–Crippen LogP) is 2.38. The molecule has 2 aromatic rings. The molecule has 3 rings (SSSR count). The van der Waals surface area contributed by atoms with Gasteiger partial charge in [0.1, 0.15) is 29.3 Å². The van der Waals surface area contributed by atoms with Crippen LogP contribution in [0.5, 0.6) is 11.5 Å². The van der Waals surface area contributed by atoms with Gasteiger partial charge < -0.3 is 20.2 Å². The fraction of sp³-hybridized carbons (Fsp3) is 0.308. The Hall–Kier alpha value is -1.53. The minimum absolute atomic E-state index is 0.377. The minimum Gasteiger partial charge on any atom is -0.486 e. The molecule has 5 nitrogen and oxygen atoms in total. The van der Waals surface area contributed by atoms with Crippen LogP contribution in [0.2, 0.25) is 0 Å². The van der Waals surface area contributed by atoms with Gasteiger partial charge in [0.2, 0.25) is 0 Å². The van der Waals surface area contributed by atoms with Gasteiger partial charge in [-0.25, -0.2) is 4.98 Å². The summed E-state index contributed by atoms with van der Waals surface area (Å²) < 4.78 is 12.0. The van der Waals surface area contributed by atoms with Crippen LogP contribution in [0.4, 0.5) is 0 Å². The normalized spacial score (nSPS) is 13.6. The fourth-order valence-corrected chi connectivity index (χ4v) is 2.65. The van der Waals surface area contributed by atoms with Crippen molar-refractivity contribution in [3.8, 4) is 22.8 Å². The molecule has 0 bridgehead atoms. The number of hydrogen-bond acceptors (Lipinski definition) is 4. The van der Waals surface area contributed by atoms with Crippen molar-refractivity contribution in [2.45, 2.75) is 13.5 Å². The van der Waals surface area contributed by atoms with Gasteiger partial charge in [0.15, 0.2) is 11.5 Å². The maximum absolute atomic E-state index is 5.61. The summed E-state index contributed by atoms with van der Waals surface area (Å²) in [5, 5.41) is 0. The van der Waals surface area contributed by atoms with Gasteiger partial charge in [-0.2, -0.15) is 0 Å². The second-order valence-corrected chi connectivity index (χ2v) is 5.15. The van der Waals surface area contributed by atoms with E-state index in [1.54, 1.807) is 0 Å². The second-order valence-electron chi connectivity index (χ2n) is 4.36. The third kappa shape index (κ3) is 2.21. The molecule has 19 heavy (non-hydrogen) atoms. The molecule has 3 N–H and O–H groups in total. The number of aromatic nitrogens is 2. The number of ether oxygens (including phenoxy) is 2. The second kappa shape index (κ2) is 4.86. The van der Waals surface area contributed by atoms with Gasteiger partial charge in [0.05, 0.1) is 6.54 Å². The van der Waals surface area contributed by atoms with Crippen molar-refractivity contribution in [3.05, 3.63) is 28.1 Å². The van der Waals surface area contributed by atoms with Crippen molar-refractivity contribution >= 4 is 15.9 Å². The first-order valence-corrected chi connectivity index (χ1v) is 6.83. The third-order valence-electron chi connectivity index (χ3n) is 3.05. The monoisotopic (exact) mass is 323 g/mol. The summed E-state index contributed by atoms with van der Waals surface area (Å²) >= 11 is 3.48. The molecule has 0 aliphatic carbocycles. The topological polar surface area (TPSA) is 73.2 Å². The first kappa shape index (κ1) is 12.5. The summed E-state index contributed by atoms with van der Waals surface area (Å²) in [5.74, 6) is 2.30. The molecule has 0 saturated carbocycles. The Labute approximate surface area is 119 Å². The van der Waals surface area contributed by atoms with Crippen molar-refractivity contribution < 1.29 is 9.47 Å². The molecule has 0 amide bonds. The maximum Gasteiger partial charge on any atom is 0.162 e. The summed E-state index contributed by atoms with van der Waals surface area (Å²) in [6.45, 7) is 3.57. The Kier molecular flexibility index (Phi) is 3.20. The molecule has 1 aromatic carbocycles. The summed E-state index contributed by atoms with van der Waals surface area (Å²) in [6, 6.07) is 3.94. The minimum atomic E-state index is 0.377. The van der Waals surface area contributed by atoms with E-state index < -0.39 is 0 Å². The van der Waals surface area contributed by atoms with Crippen LogP contribution < -0.4 is 15.2 Å². The number of aryl methyl sites for hydroxylation is 1. The highest BCUT2D eigenvalue weighted by Gasteiger charge is 2.18. The quantitative estimate of drug-likeness (QED) is 0.889. The molecule has 0 saturated heterocycles. The predicted molar refractivity (Wildman–Crippen MR) is 75.3 cm³/mol. The van der Waals surface area contributed by atoms with Gasteiger partial charge >= 0.3 is 0 Å².